The highest BCUT2D eigenvalue weighted by Crippen LogP contribution is 2.28. The number of hydrogen-bond donors (Lipinski definition) is 3. The average Bonchev–Trinajstić information content (AvgIpc) is 3.29. The number of hydrogen-bond acceptors (Lipinski definition) is 7. The van der Waals surface area contributed by atoms with Crippen LogP contribution in [0.2, 0.25) is 0 Å². The van der Waals surface area contributed by atoms with Crippen molar-refractivity contribution in [1.29, 1.82) is 0 Å². The molecule has 3 N–H and O–H groups in total. The van der Waals surface area contributed by atoms with Crippen molar-refractivity contribution in [2.75, 3.05) is 56.9 Å². The van der Waals surface area contributed by atoms with Crippen molar-refractivity contribution in [2.24, 2.45) is 0 Å². The quantitative estimate of drug-likeness (QED) is 0.354. The first-order valence-corrected chi connectivity index (χ1v) is 11.8. The molecule has 5 rings (SSSR count). The summed E-state index contributed by atoms with van der Waals surface area (Å²) in [5.41, 5.74) is 5.09. The molecule has 172 valence electrons. The summed E-state index contributed by atoms with van der Waals surface area (Å²) in [4.78, 5) is 14.2. The Hall–Kier alpha value is -3.23. The third-order valence-electron chi connectivity index (χ3n) is 6.44. The third-order valence-corrected chi connectivity index (χ3v) is 6.44. The predicted octanol–water partition coefficient (Wildman–Crippen LogP) is 4.00. The number of likely N-dealkylation sites (N-methyl/N-ethyl adjacent to an activating group) is 1. The summed E-state index contributed by atoms with van der Waals surface area (Å²) < 4.78 is 0. The van der Waals surface area contributed by atoms with Crippen molar-refractivity contribution in [3.63, 3.8) is 0 Å². The molecule has 2 aromatic carbocycles. The second-order valence-corrected chi connectivity index (χ2v) is 8.97. The SMILES string of the molecule is Cc1cccc2cnc(Nc3cc(NCCCCN4CCN(C)CC4)c4cn[nH]c4c3)nc12. The molecule has 4 aromatic rings. The number of para-hydroxylation sites is 1. The number of nitrogens with zero attached hydrogens (tertiary/aromatic N) is 5. The van der Waals surface area contributed by atoms with E-state index in [1.54, 1.807) is 0 Å². The van der Waals surface area contributed by atoms with Gasteiger partial charge in [0.2, 0.25) is 5.95 Å². The zero-order valence-electron chi connectivity index (χ0n) is 19.4. The molecular formula is C25H32N8. The van der Waals surface area contributed by atoms with Crippen LogP contribution in [0.1, 0.15) is 18.4 Å². The summed E-state index contributed by atoms with van der Waals surface area (Å²) >= 11 is 0. The van der Waals surface area contributed by atoms with Crippen LogP contribution in [0.3, 0.4) is 0 Å². The zero-order valence-corrected chi connectivity index (χ0v) is 19.4. The fourth-order valence-corrected chi connectivity index (χ4v) is 4.42. The van der Waals surface area contributed by atoms with Crippen LogP contribution in [0.5, 0.6) is 0 Å². The Morgan fingerprint density at radius 1 is 1.06 bits per heavy atom. The van der Waals surface area contributed by atoms with Gasteiger partial charge in [0, 0.05) is 61.1 Å². The standard InChI is InChI=1S/C25H32N8/c1-18-6-5-7-19-16-27-25(30-24(18)19)29-20-14-22(21-17-28-31-23(21)15-20)26-8-3-4-9-33-12-10-32(2)11-13-33/h5-7,14-17,26H,3-4,8-13H2,1-2H3,(H,28,31)(H,27,29,30). The van der Waals surface area contributed by atoms with E-state index >= 15 is 0 Å². The summed E-state index contributed by atoms with van der Waals surface area (Å²) in [7, 11) is 2.20. The van der Waals surface area contributed by atoms with Crippen LogP contribution >= 0.6 is 0 Å². The van der Waals surface area contributed by atoms with Crippen LogP contribution in [-0.4, -0.2) is 76.3 Å². The maximum absolute atomic E-state index is 4.73. The first kappa shape index (κ1) is 21.6. The number of nitrogens with one attached hydrogen (secondary N) is 3. The molecule has 1 saturated heterocycles. The van der Waals surface area contributed by atoms with Gasteiger partial charge in [-0.1, -0.05) is 18.2 Å². The number of benzene rings is 2. The molecule has 0 radical (unpaired) electrons. The molecule has 3 heterocycles. The van der Waals surface area contributed by atoms with Crippen LogP contribution in [0.4, 0.5) is 17.3 Å². The molecule has 1 aliphatic rings. The number of piperazine rings is 1. The smallest absolute Gasteiger partial charge is 0.227 e. The maximum Gasteiger partial charge on any atom is 0.227 e. The van der Waals surface area contributed by atoms with E-state index in [0.29, 0.717) is 5.95 Å². The zero-order chi connectivity index (χ0) is 22.6. The van der Waals surface area contributed by atoms with Gasteiger partial charge in [-0.15, -0.1) is 0 Å². The van der Waals surface area contributed by atoms with Gasteiger partial charge in [0.15, 0.2) is 0 Å². The monoisotopic (exact) mass is 444 g/mol. The number of aromatic amines is 1. The summed E-state index contributed by atoms with van der Waals surface area (Å²) in [5.74, 6) is 0.591. The van der Waals surface area contributed by atoms with Crippen LogP contribution in [0.15, 0.2) is 42.7 Å². The third kappa shape index (κ3) is 5.07. The molecule has 0 aliphatic carbocycles. The van der Waals surface area contributed by atoms with E-state index in [1.807, 2.05) is 30.6 Å². The van der Waals surface area contributed by atoms with Gasteiger partial charge in [0.25, 0.3) is 0 Å². The van der Waals surface area contributed by atoms with E-state index in [2.05, 4.69) is 61.7 Å². The molecule has 2 aromatic heterocycles. The number of anilines is 3. The van der Waals surface area contributed by atoms with Gasteiger partial charge in [-0.2, -0.15) is 5.10 Å². The lowest BCUT2D eigenvalue weighted by atomic mass is 10.1. The van der Waals surface area contributed by atoms with E-state index in [-0.39, 0.29) is 0 Å². The van der Waals surface area contributed by atoms with Crippen LogP contribution < -0.4 is 10.6 Å². The highest BCUT2D eigenvalue weighted by Gasteiger charge is 2.13. The Labute approximate surface area is 194 Å². The summed E-state index contributed by atoms with van der Waals surface area (Å²) in [6.07, 6.45) is 6.08. The van der Waals surface area contributed by atoms with E-state index in [4.69, 9.17) is 4.98 Å². The Bertz CT molecular complexity index is 1230. The molecule has 8 heteroatoms. The van der Waals surface area contributed by atoms with Gasteiger partial charge in [-0.25, -0.2) is 9.97 Å². The van der Waals surface area contributed by atoms with Gasteiger partial charge in [-0.3, -0.25) is 5.10 Å². The van der Waals surface area contributed by atoms with Crippen molar-refractivity contribution in [1.82, 2.24) is 30.0 Å². The molecule has 8 nitrogen and oxygen atoms in total. The number of fused-ring (bicyclic) bond motifs is 2. The number of rotatable bonds is 8. The Morgan fingerprint density at radius 3 is 2.82 bits per heavy atom. The largest absolute Gasteiger partial charge is 0.384 e. The molecular weight excluding hydrogens is 412 g/mol. The maximum atomic E-state index is 4.73. The van der Waals surface area contributed by atoms with Crippen molar-refractivity contribution in [3.05, 3.63) is 48.3 Å². The minimum atomic E-state index is 0.591. The van der Waals surface area contributed by atoms with Crippen LogP contribution in [0.25, 0.3) is 21.8 Å². The second kappa shape index (κ2) is 9.72. The minimum Gasteiger partial charge on any atom is -0.384 e. The van der Waals surface area contributed by atoms with Gasteiger partial charge < -0.3 is 20.4 Å². The van der Waals surface area contributed by atoms with Crippen molar-refractivity contribution in [3.8, 4) is 0 Å². The minimum absolute atomic E-state index is 0.591. The van der Waals surface area contributed by atoms with Crippen LogP contribution in [-0.2, 0) is 0 Å². The van der Waals surface area contributed by atoms with Crippen molar-refractivity contribution < 1.29 is 0 Å². The summed E-state index contributed by atoms with van der Waals surface area (Å²) in [5, 5.41) is 16.5. The first-order valence-electron chi connectivity index (χ1n) is 11.8. The molecule has 0 atom stereocenters. The van der Waals surface area contributed by atoms with Crippen LogP contribution in [0, 0.1) is 6.92 Å². The Morgan fingerprint density at radius 2 is 1.94 bits per heavy atom. The lowest BCUT2D eigenvalue weighted by Crippen LogP contribution is -2.44. The summed E-state index contributed by atoms with van der Waals surface area (Å²) in [6, 6.07) is 10.3. The molecule has 0 bridgehead atoms. The molecule has 1 fully saturated rings. The fraction of sp³-hybridized carbons (Fsp3) is 0.400. The normalized spacial score (nSPS) is 15.3. The molecule has 0 saturated carbocycles. The summed E-state index contributed by atoms with van der Waals surface area (Å²) in [6.45, 7) is 8.91. The van der Waals surface area contributed by atoms with E-state index in [0.717, 1.165) is 51.7 Å². The second-order valence-electron chi connectivity index (χ2n) is 8.97. The first-order chi connectivity index (χ1) is 16.2. The number of H-pyrrole nitrogens is 1. The topological polar surface area (TPSA) is 85.0 Å². The number of aryl methyl sites for hydroxylation is 1. The number of aromatic nitrogens is 4. The lowest BCUT2D eigenvalue weighted by Gasteiger charge is -2.32. The van der Waals surface area contributed by atoms with Crippen molar-refractivity contribution in [2.45, 2.75) is 19.8 Å². The van der Waals surface area contributed by atoms with Gasteiger partial charge in [0.05, 0.1) is 17.2 Å². The van der Waals surface area contributed by atoms with E-state index < -0.39 is 0 Å². The molecule has 0 amide bonds. The lowest BCUT2D eigenvalue weighted by molar-refractivity contribution is 0.152. The van der Waals surface area contributed by atoms with Gasteiger partial charge in [-0.05, 0) is 51.1 Å². The predicted molar refractivity (Wildman–Crippen MR) is 135 cm³/mol. The molecule has 33 heavy (non-hydrogen) atoms. The molecule has 0 unspecified atom stereocenters. The Kier molecular flexibility index (Phi) is 6.37. The van der Waals surface area contributed by atoms with E-state index in [1.165, 1.54) is 39.1 Å². The Balaban J connectivity index is 1.23. The van der Waals surface area contributed by atoms with Gasteiger partial charge in [0.1, 0.15) is 0 Å². The van der Waals surface area contributed by atoms with E-state index in [9.17, 15) is 0 Å². The van der Waals surface area contributed by atoms with Gasteiger partial charge >= 0.3 is 0 Å². The number of unbranched alkanes of at least 4 members (excludes halogenated alkanes) is 1. The molecule has 0 spiro atoms. The fourth-order valence-electron chi connectivity index (χ4n) is 4.42. The highest BCUT2D eigenvalue weighted by atomic mass is 15.2. The van der Waals surface area contributed by atoms with Crippen molar-refractivity contribution >= 4 is 39.1 Å². The highest BCUT2D eigenvalue weighted by molar-refractivity contribution is 5.94. The average molecular weight is 445 g/mol. The molecule has 1 aliphatic heterocycles.